The molecule has 2 aromatic rings. The number of nitrogens with one attached hydrogen (secondary N) is 1. The molecule has 18 heavy (non-hydrogen) atoms. The van der Waals surface area contributed by atoms with Crippen molar-refractivity contribution in [1.82, 2.24) is 15.2 Å². The van der Waals surface area contributed by atoms with Crippen LogP contribution in [0.3, 0.4) is 0 Å². The molecule has 1 heterocycles. The summed E-state index contributed by atoms with van der Waals surface area (Å²) < 4.78 is 4.82. The number of esters is 1. The number of nitrogens with zero attached hydrogens (tertiary/aromatic N) is 2. The van der Waals surface area contributed by atoms with E-state index in [0.717, 1.165) is 5.56 Å². The van der Waals surface area contributed by atoms with Crippen molar-refractivity contribution in [1.29, 1.82) is 0 Å². The molecular weight excluding hydrogens is 250 g/mol. The Morgan fingerprint density at radius 3 is 2.67 bits per heavy atom. The fraction of sp³-hybridized carbons (Fsp3) is 0.250. The van der Waals surface area contributed by atoms with Gasteiger partial charge in [-0.2, -0.15) is 0 Å². The number of H-pyrrole nitrogens is 1. The van der Waals surface area contributed by atoms with Gasteiger partial charge in [0.1, 0.15) is 11.1 Å². The van der Waals surface area contributed by atoms with Gasteiger partial charge in [0.2, 0.25) is 5.16 Å². The molecule has 1 atom stereocenters. The normalized spacial score (nSPS) is 12.1. The van der Waals surface area contributed by atoms with Crippen molar-refractivity contribution in [2.24, 2.45) is 0 Å². The molecule has 0 amide bonds. The molecule has 2 rings (SSSR count). The van der Waals surface area contributed by atoms with Crippen LogP contribution in [0.2, 0.25) is 0 Å². The monoisotopic (exact) mass is 263 g/mol. The Balaban J connectivity index is 2.24. The van der Waals surface area contributed by atoms with Crippen LogP contribution in [-0.4, -0.2) is 28.3 Å². The smallest absolute Gasteiger partial charge is 0.323 e. The highest BCUT2D eigenvalue weighted by atomic mass is 32.2. The van der Waals surface area contributed by atoms with Crippen molar-refractivity contribution < 1.29 is 9.53 Å². The van der Waals surface area contributed by atoms with Gasteiger partial charge in [0.25, 0.3) is 0 Å². The second-order valence-corrected chi connectivity index (χ2v) is 4.71. The molecule has 0 saturated heterocycles. The number of hydrogen-bond acceptors (Lipinski definition) is 5. The van der Waals surface area contributed by atoms with Crippen LogP contribution >= 0.6 is 11.8 Å². The van der Waals surface area contributed by atoms with Gasteiger partial charge in [0.15, 0.2) is 0 Å². The second kappa shape index (κ2) is 5.68. The van der Waals surface area contributed by atoms with E-state index >= 15 is 0 Å². The largest absolute Gasteiger partial charge is 0.468 e. The summed E-state index contributed by atoms with van der Waals surface area (Å²) in [7, 11) is 1.38. The zero-order valence-electron chi connectivity index (χ0n) is 10.1. The Morgan fingerprint density at radius 2 is 2.11 bits per heavy atom. The Hall–Kier alpha value is -1.82. The molecule has 0 aliphatic carbocycles. The molecule has 0 saturated carbocycles. The van der Waals surface area contributed by atoms with Crippen LogP contribution in [-0.2, 0) is 9.53 Å². The lowest BCUT2D eigenvalue weighted by atomic mass is 10.1. The van der Waals surface area contributed by atoms with Crippen molar-refractivity contribution in [3.05, 3.63) is 41.7 Å². The van der Waals surface area contributed by atoms with Gasteiger partial charge in [0.05, 0.1) is 7.11 Å². The number of rotatable bonds is 4. The third-order valence-corrected chi connectivity index (χ3v) is 3.41. The predicted molar refractivity (Wildman–Crippen MR) is 68.2 cm³/mol. The molecule has 0 aliphatic rings. The molecule has 0 radical (unpaired) electrons. The molecule has 0 fully saturated rings. The van der Waals surface area contributed by atoms with Gasteiger partial charge in [-0.25, -0.2) is 4.98 Å². The summed E-state index contributed by atoms with van der Waals surface area (Å²) in [6, 6.07) is 9.44. The number of methoxy groups -OCH3 is 1. The van der Waals surface area contributed by atoms with Gasteiger partial charge in [-0.15, -0.1) is 5.10 Å². The summed E-state index contributed by atoms with van der Waals surface area (Å²) in [5, 5.41) is 6.85. The van der Waals surface area contributed by atoms with Gasteiger partial charge in [-0.3, -0.25) is 9.89 Å². The number of thioether (sulfide) groups is 1. The fourth-order valence-corrected chi connectivity index (χ4v) is 2.45. The van der Waals surface area contributed by atoms with Gasteiger partial charge in [-0.1, -0.05) is 42.1 Å². The summed E-state index contributed by atoms with van der Waals surface area (Å²) in [4.78, 5) is 16.0. The molecule has 1 unspecified atom stereocenters. The first-order valence-electron chi connectivity index (χ1n) is 5.39. The van der Waals surface area contributed by atoms with E-state index in [1.807, 2.05) is 37.3 Å². The van der Waals surface area contributed by atoms with Crippen molar-refractivity contribution in [3.63, 3.8) is 0 Å². The van der Waals surface area contributed by atoms with Crippen molar-refractivity contribution >= 4 is 17.7 Å². The van der Waals surface area contributed by atoms with E-state index in [0.29, 0.717) is 11.0 Å². The highest BCUT2D eigenvalue weighted by molar-refractivity contribution is 8.00. The van der Waals surface area contributed by atoms with E-state index in [1.54, 1.807) is 0 Å². The van der Waals surface area contributed by atoms with Gasteiger partial charge in [-0.05, 0) is 12.5 Å². The average molecular weight is 263 g/mol. The molecule has 0 bridgehead atoms. The van der Waals surface area contributed by atoms with Gasteiger partial charge < -0.3 is 4.74 Å². The average Bonchev–Trinajstić information content (AvgIpc) is 2.82. The number of aromatic amines is 1. The molecule has 5 nitrogen and oxygen atoms in total. The third-order valence-electron chi connectivity index (χ3n) is 2.32. The number of carbonyl (C=O) groups excluding carboxylic acids is 1. The fourth-order valence-electron chi connectivity index (χ4n) is 1.47. The number of hydrogen-bond donors (Lipinski definition) is 1. The minimum Gasteiger partial charge on any atom is -0.468 e. The van der Waals surface area contributed by atoms with E-state index in [2.05, 4.69) is 15.2 Å². The topological polar surface area (TPSA) is 67.9 Å². The zero-order chi connectivity index (χ0) is 13.0. The van der Waals surface area contributed by atoms with Crippen LogP contribution in [0.25, 0.3) is 0 Å². The first kappa shape index (κ1) is 12.6. The van der Waals surface area contributed by atoms with E-state index in [4.69, 9.17) is 4.74 Å². The van der Waals surface area contributed by atoms with E-state index in [1.165, 1.54) is 18.9 Å². The molecule has 1 N–H and O–H groups in total. The SMILES string of the molecule is COC(=O)C(Sc1n[nH]c(C)n1)c1ccccc1. The van der Waals surface area contributed by atoms with Crippen LogP contribution < -0.4 is 0 Å². The highest BCUT2D eigenvalue weighted by Gasteiger charge is 2.24. The molecule has 0 spiro atoms. The predicted octanol–water partition coefficient (Wildman–Crippen LogP) is 2.12. The second-order valence-electron chi connectivity index (χ2n) is 3.64. The van der Waals surface area contributed by atoms with Crippen molar-refractivity contribution in [2.75, 3.05) is 7.11 Å². The Kier molecular flexibility index (Phi) is 3.99. The quantitative estimate of drug-likeness (QED) is 0.676. The first-order valence-corrected chi connectivity index (χ1v) is 6.27. The Bertz CT molecular complexity index is 527. The maximum absolute atomic E-state index is 11.8. The number of benzene rings is 1. The minimum atomic E-state index is -0.452. The first-order chi connectivity index (χ1) is 8.70. The molecular formula is C12H13N3O2S. The summed E-state index contributed by atoms with van der Waals surface area (Å²) in [5.41, 5.74) is 0.872. The maximum atomic E-state index is 11.8. The molecule has 1 aromatic carbocycles. The Labute approximate surface area is 109 Å². The molecule has 1 aromatic heterocycles. The summed E-state index contributed by atoms with van der Waals surface area (Å²) in [6.45, 7) is 1.81. The standard InChI is InChI=1S/C12H13N3O2S/c1-8-13-12(15-14-8)18-10(11(16)17-2)9-6-4-3-5-7-9/h3-7,10H,1-2H3,(H,13,14,15). The van der Waals surface area contributed by atoms with E-state index in [-0.39, 0.29) is 5.97 Å². The van der Waals surface area contributed by atoms with E-state index < -0.39 is 5.25 Å². The lowest BCUT2D eigenvalue weighted by Gasteiger charge is -2.12. The van der Waals surface area contributed by atoms with Gasteiger partial charge >= 0.3 is 5.97 Å². The van der Waals surface area contributed by atoms with E-state index in [9.17, 15) is 4.79 Å². The van der Waals surface area contributed by atoms with Crippen LogP contribution in [0.4, 0.5) is 0 Å². The lowest BCUT2D eigenvalue weighted by molar-refractivity contribution is -0.140. The summed E-state index contributed by atoms with van der Waals surface area (Å²) >= 11 is 1.27. The van der Waals surface area contributed by atoms with Crippen LogP contribution in [0.1, 0.15) is 16.6 Å². The number of aryl methyl sites for hydroxylation is 1. The van der Waals surface area contributed by atoms with Crippen LogP contribution in [0.5, 0.6) is 0 Å². The molecule has 94 valence electrons. The minimum absolute atomic E-state index is 0.311. The number of aromatic nitrogens is 3. The molecule has 0 aliphatic heterocycles. The van der Waals surface area contributed by atoms with Crippen LogP contribution in [0.15, 0.2) is 35.5 Å². The Morgan fingerprint density at radius 1 is 1.39 bits per heavy atom. The molecule has 6 heteroatoms. The highest BCUT2D eigenvalue weighted by Crippen LogP contribution is 2.34. The third kappa shape index (κ3) is 2.89. The number of carbonyl (C=O) groups is 1. The maximum Gasteiger partial charge on any atom is 0.323 e. The lowest BCUT2D eigenvalue weighted by Crippen LogP contribution is -2.11. The zero-order valence-corrected chi connectivity index (χ0v) is 10.9. The summed E-state index contributed by atoms with van der Waals surface area (Å²) in [5.74, 6) is 0.405. The van der Waals surface area contributed by atoms with Gasteiger partial charge in [0, 0.05) is 0 Å². The van der Waals surface area contributed by atoms with Crippen LogP contribution in [0, 0.1) is 6.92 Å². The van der Waals surface area contributed by atoms with Crippen molar-refractivity contribution in [3.8, 4) is 0 Å². The summed E-state index contributed by atoms with van der Waals surface area (Å²) in [6.07, 6.45) is 0. The van der Waals surface area contributed by atoms with Crippen molar-refractivity contribution in [2.45, 2.75) is 17.3 Å². The number of ether oxygens (including phenoxy) is 1.